The number of para-hydroxylation sites is 1. The highest BCUT2D eigenvalue weighted by atomic mass is 15.2. The van der Waals surface area contributed by atoms with E-state index in [1.807, 2.05) is 0 Å². The van der Waals surface area contributed by atoms with E-state index in [1.165, 1.54) is 116 Å². The first-order chi connectivity index (χ1) is 34.6. The lowest BCUT2D eigenvalue weighted by Crippen LogP contribution is -2.38. The zero-order valence-electron chi connectivity index (χ0n) is 42.4. The SMILES string of the molecule is CC1C=CC(N(c2ccccc2)C2C=CC(c3ccc(-c4cccc(-c5ccc(N(c6ccc(C7(C)CC8CC(C)CC(C8)C7)cc6)c6ccc7c(c6)C(C)(C)c6ccccc6-7)cc5)c4)cc3)=CC2)=CC1. The van der Waals surface area contributed by atoms with Gasteiger partial charge in [0.15, 0.2) is 0 Å². The van der Waals surface area contributed by atoms with Crippen molar-refractivity contribution in [2.24, 2.45) is 23.7 Å². The topological polar surface area (TPSA) is 6.48 Å². The number of nitrogens with zero attached hydrogens (tertiary/aromatic N) is 2. The molecule has 2 saturated carbocycles. The van der Waals surface area contributed by atoms with Crippen molar-refractivity contribution in [1.29, 1.82) is 0 Å². The van der Waals surface area contributed by atoms with E-state index in [0.717, 1.165) is 36.3 Å². The zero-order chi connectivity index (χ0) is 48.3. The van der Waals surface area contributed by atoms with Gasteiger partial charge >= 0.3 is 0 Å². The third kappa shape index (κ3) is 8.64. The van der Waals surface area contributed by atoms with Crippen LogP contribution in [0.5, 0.6) is 0 Å². The van der Waals surface area contributed by atoms with Crippen molar-refractivity contribution in [1.82, 2.24) is 0 Å². The van der Waals surface area contributed by atoms with E-state index < -0.39 is 0 Å². The largest absolute Gasteiger partial charge is 0.335 e. The number of benzene rings is 7. The van der Waals surface area contributed by atoms with Crippen LogP contribution in [0, 0.1) is 23.7 Å². The molecule has 0 radical (unpaired) electrons. The first-order valence-corrected chi connectivity index (χ1v) is 26.6. The van der Waals surface area contributed by atoms with Crippen molar-refractivity contribution in [3.05, 3.63) is 234 Å². The van der Waals surface area contributed by atoms with Crippen LogP contribution >= 0.6 is 0 Å². The van der Waals surface area contributed by atoms with Crippen LogP contribution in [0.3, 0.4) is 0 Å². The summed E-state index contributed by atoms with van der Waals surface area (Å²) in [5, 5.41) is 0. The fraction of sp³-hybridized carbons (Fsp3) is 0.275. The average Bonchev–Trinajstić information content (AvgIpc) is 3.62. The van der Waals surface area contributed by atoms with Gasteiger partial charge in [0.25, 0.3) is 0 Å². The molecule has 2 fully saturated rings. The van der Waals surface area contributed by atoms with E-state index in [2.05, 4.69) is 251 Å². The fourth-order valence-corrected chi connectivity index (χ4v) is 13.7. The first kappa shape index (κ1) is 45.3. The predicted molar refractivity (Wildman–Crippen MR) is 302 cm³/mol. The zero-order valence-corrected chi connectivity index (χ0v) is 42.4. The Hall–Kier alpha value is -6.90. The summed E-state index contributed by atoms with van der Waals surface area (Å²) in [6.45, 7) is 12.1. The van der Waals surface area contributed by atoms with Crippen molar-refractivity contribution in [3.63, 3.8) is 0 Å². The standard InChI is InChI=1S/C69H68N2/c1-47-18-30-59(31-19-47)70(58-14-7-6-8-15-58)60-32-24-52(25-33-60)51-20-22-53(23-21-51)55-12-11-13-56(43-55)54-26-34-61(35-27-54)71(63-38-39-65-64-16-9-10-17-66(64)68(3,4)67(65)44-63)62-36-28-57(29-37-62)69(5)45-49-40-48(2)41-50(42-49)46-69/h6-18,20-32,34-39,43-44,47-50,60H,19,33,40-42,45-46H2,1-5H3. The molecule has 2 bridgehead atoms. The van der Waals surface area contributed by atoms with Crippen LogP contribution in [-0.4, -0.2) is 6.04 Å². The van der Waals surface area contributed by atoms with Gasteiger partial charge < -0.3 is 9.80 Å². The maximum absolute atomic E-state index is 2.55. The Morgan fingerprint density at radius 3 is 1.75 bits per heavy atom. The highest BCUT2D eigenvalue weighted by Crippen LogP contribution is 2.53. The first-order valence-electron chi connectivity index (χ1n) is 26.6. The Morgan fingerprint density at radius 2 is 1.08 bits per heavy atom. The number of hydrogen-bond acceptors (Lipinski definition) is 2. The van der Waals surface area contributed by atoms with E-state index in [4.69, 9.17) is 0 Å². The summed E-state index contributed by atoms with van der Waals surface area (Å²) in [6, 6.07) is 64.4. The molecule has 4 unspecified atom stereocenters. The second-order valence-corrected chi connectivity index (χ2v) is 22.7. The maximum atomic E-state index is 2.55. The van der Waals surface area contributed by atoms with Crippen LogP contribution in [0.25, 0.3) is 39.0 Å². The molecular formula is C69H68N2. The van der Waals surface area contributed by atoms with Crippen LogP contribution in [0.1, 0.15) is 102 Å². The molecule has 2 heteroatoms. The summed E-state index contributed by atoms with van der Waals surface area (Å²) >= 11 is 0. The van der Waals surface area contributed by atoms with Crippen molar-refractivity contribution in [2.45, 2.75) is 96.4 Å². The highest BCUT2D eigenvalue weighted by Gasteiger charge is 2.42. The van der Waals surface area contributed by atoms with Gasteiger partial charge in [-0.05, 0) is 196 Å². The van der Waals surface area contributed by atoms with E-state index in [1.54, 1.807) is 0 Å². The lowest BCUT2D eigenvalue weighted by Gasteiger charge is -2.47. The molecule has 5 aliphatic rings. The van der Waals surface area contributed by atoms with Crippen LogP contribution in [0.2, 0.25) is 0 Å². The molecule has 0 aromatic heterocycles. The molecule has 354 valence electrons. The van der Waals surface area contributed by atoms with Crippen LogP contribution in [0.4, 0.5) is 22.7 Å². The Balaban J connectivity index is 0.802. The van der Waals surface area contributed by atoms with E-state index in [9.17, 15) is 0 Å². The second kappa shape index (κ2) is 18.4. The molecule has 5 aliphatic carbocycles. The van der Waals surface area contributed by atoms with Crippen molar-refractivity contribution in [3.8, 4) is 33.4 Å². The van der Waals surface area contributed by atoms with Crippen LogP contribution < -0.4 is 9.80 Å². The molecule has 12 rings (SSSR count). The van der Waals surface area contributed by atoms with Gasteiger partial charge in [-0.25, -0.2) is 0 Å². The van der Waals surface area contributed by atoms with E-state index in [0.29, 0.717) is 5.92 Å². The molecule has 0 N–H and O–H groups in total. The number of hydrogen-bond donors (Lipinski definition) is 0. The van der Waals surface area contributed by atoms with Crippen molar-refractivity contribution < 1.29 is 0 Å². The average molecular weight is 925 g/mol. The van der Waals surface area contributed by atoms with Crippen LogP contribution in [0.15, 0.2) is 212 Å². The molecule has 0 heterocycles. The third-order valence-corrected chi connectivity index (χ3v) is 17.2. The molecule has 2 nitrogen and oxygen atoms in total. The van der Waals surface area contributed by atoms with Crippen molar-refractivity contribution in [2.75, 3.05) is 9.80 Å². The molecule has 0 amide bonds. The minimum absolute atomic E-state index is 0.0829. The summed E-state index contributed by atoms with van der Waals surface area (Å²) in [5.74, 6) is 3.18. The van der Waals surface area contributed by atoms with E-state index >= 15 is 0 Å². The summed E-state index contributed by atoms with van der Waals surface area (Å²) in [4.78, 5) is 4.98. The minimum Gasteiger partial charge on any atom is -0.335 e. The number of fused-ring (bicyclic) bond motifs is 5. The lowest BCUT2D eigenvalue weighted by molar-refractivity contribution is 0.0899. The normalized spacial score (nSPS) is 23.8. The van der Waals surface area contributed by atoms with Gasteiger partial charge in [-0.15, -0.1) is 0 Å². The highest BCUT2D eigenvalue weighted by molar-refractivity contribution is 5.86. The number of allylic oxidation sites excluding steroid dienone is 5. The molecule has 4 atom stereocenters. The smallest absolute Gasteiger partial charge is 0.0560 e. The molecule has 0 aliphatic heterocycles. The minimum atomic E-state index is -0.0829. The Morgan fingerprint density at radius 1 is 0.465 bits per heavy atom. The molecule has 7 aromatic rings. The summed E-state index contributed by atoms with van der Waals surface area (Å²) < 4.78 is 0. The quantitative estimate of drug-likeness (QED) is 0.135. The van der Waals surface area contributed by atoms with Gasteiger partial charge in [-0.2, -0.15) is 0 Å². The predicted octanol–water partition coefficient (Wildman–Crippen LogP) is 18.6. The molecule has 0 spiro atoms. The third-order valence-electron chi connectivity index (χ3n) is 17.2. The molecular weight excluding hydrogens is 857 g/mol. The Kier molecular flexibility index (Phi) is 11.7. The van der Waals surface area contributed by atoms with Gasteiger partial charge in [0.1, 0.15) is 0 Å². The van der Waals surface area contributed by atoms with Gasteiger partial charge in [-0.3, -0.25) is 0 Å². The van der Waals surface area contributed by atoms with Gasteiger partial charge in [-0.1, -0.05) is 180 Å². The molecule has 7 aromatic carbocycles. The number of anilines is 4. The van der Waals surface area contributed by atoms with Gasteiger partial charge in [0.05, 0.1) is 6.04 Å². The monoisotopic (exact) mass is 925 g/mol. The molecule has 0 saturated heterocycles. The summed E-state index contributed by atoms with van der Waals surface area (Å²) in [5.41, 5.74) is 20.7. The summed E-state index contributed by atoms with van der Waals surface area (Å²) in [6.07, 6.45) is 23.1. The Labute approximate surface area is 423 Å². The van der Waals surface area contributed by atoms with Gasteiger partial charge in [0, 0.05) is 33.9 Å². The lowest BCUT2D eigenvalue weighted by atomic mass is 9.57. The summed E-state index contributed by atoms with van der Waals surface area (Å²) in [7, 11) is 0. The van der Waals surface area contributed by atoms with Gasteiger partial charge in [0.2, 0.25) is 0 Å². The van der Waals surface area contributed by atoms with Crippen LogP contribution in [-0.2, 0) is 10.8 Å². The fourth-order valence-electron chi connectivity index (χ4n) is 13.7. The number of rotatable bonds is 10. The van der Waals surface area contributed by atoms with E-state index in [-0.39, 0.29) is 16.9 Å². The maximum Gasteiger partial charge on any atom is 0.0560 e. The van der Waals surface area contributed by atoms with Crippen molar-refractivity contribution >= 4 is 28.3 Å². The second-order valence-electron chi connectivity index (χ2n) is 22.7. The Bertz CT molecular complexity index is 3180. The molecule has 71 heavy (non-hydrogen) atoms.